The highest BCUT2D eigenvalue weighted by Crippen LogP contribution is 2.43. The number of nitrogens with zero attached hydrogens (tertiary/aromatic N) is 2. The molecule has 0 spiro atoms. The van der Waals surface area contributed by atoms with Gasteiger partial charge in [-0.15, -0.1) is 0 Å². The van der Waals surface area contributed by atoms with Gasteiger partial charge in [0.25, 0.3) is 5.69 Å². The molecule has 2 aliphatic heterocycles. The van der Waals surface area contributed by atoms with Crippen LogP contribution in [-0.4, -0.2) is 46.1 Å². The number of nitrogens with one attached hydrogen (secondary N) is 1. The summed E-state index contributed by atoms with van der Waals surface area (Å²) >= 11 is 0. The standard InChI is InChI=1S/C32H39N3O6/c1-20-26(29(36)40-7)28(23-14-11-15-24(16-23)35(38)39)27(21(2)33-20)30(37)41-25-17-31(3,4)34(32(5,6)18-25)19-22-12-9-8-10-13-22/h8-16,25,28,33H,17-19H2,1-7H3/t28-/m0/s1. The normalized spacial score (nSPS) is 20.8. The molecular formula is C32H39N3O6. The Morgan fingerprint density at radius 2 is 1.54 bits per heavy atom. The minimum atomic E-state index is -0.893. The van der Waals surface area contributed by atoms with E-state index in [0.717, 1.165) is 6.54 Å². The Labute approximate surface area is 241 Å². The van der Waals surface area contributed by atoms with Gasteiger partial charge in [-0.1, -0.05) is 42.5 Å². The number of dihydropyridines is 1. The van der Waals surface area contributed by atoms with Gasteiger partial charge in [-0.05, 0) is 52.7 Å². The van der Waals surface area contributed by atoms with E-state index in [1.54, 1.807) is 26.0 Å². The zero-order valence-corrected chi connectivity index (χ0v) is 24.8. The second-order valence-electron chi connectivity index (χ2n) is 12.1. The van der Waals surface area contributed by atoms with Crippen molar-refractivity contribution in [3.63, 3.8) is 0 Å². The summed E-state index contributed by atoms with van der Waals surface area (Å²) in [6, 6.07) is 16.3. The third-order valence-electron chi connectivity index (χ3n) is 8.17. The first kappa shape index (κ1) is 30.0. The number of nitro benzene ring substituents is 1. The monoisotopic (exact) mass is 561 g/mol. The van der Waals surface area contributed by atoms with Gasteiger partial charge >= 0.3 is 11.9 Å². The number of hydrogen-bond acceptors (Lipinski definition) is 8. The first-order valence-electron chi connectivity index (χ1n) is 13.8. The van der Waals surface area contributed by atoms with Crippen molar-refractivity contribution >= 4 is 17.6 Å². The number of likely N-dealkylation sites (tertiary alicyclic amines) is 1. The molecule has 0 radical (unpaired) electrons. The zero-order valence-electron chi connectivity index (χ0n) is 24.8. The molecule has 2 aromatic rings. The molecule has 2 heterocycles. The van der Waals surface area contributed by atoms with Crippen LogP contribution >= 0.6 is 0 Å². The van der Waals surface area contributed by atoms with Crippen molar-refractivity contribution in [2.75, 3.05) is 7.11 Å². The van der Waals surface area contributed by atoms with Crippen LogP contribution in [0.4, 0.5) is 5.69 Å². The molecule has 0 unspecified atom stereocenters. The fourth-order valence-electron chi connectivity index (χ4n) is 6.51. The molecule has 1 saturated heterocycles. The minimum absolute atomic E-state index is 0.137. The molecule has 1 atom stereocenters. The van der Waals surface area contributed by atoms with E-state index in [1.165, 1.54) is 24.8 Å². The second kappa shape index (κ2) is 11.5. The SMILES string of the molecule is COC(=O)C1=C(C)NC(C)=C(C(=O)OC2CC(C)(C)N(Cc3ccccc3)C(C)(C)C2)[C@H]1c1cccc([N+](=O)[O-])c1. The lowest BCUT2D eigenvalue weighted by Gasteiger charge is -2.55. The predicted octanol–water partition coefficient (Wildman–Crippen LogP) is 5.77. The fraction of sp³-hybridized carbons (Fsp3) is 0.438. The van der Waals surface area contributed by atoms with Gasteiger partial charge in [-0.2, -0.15) is 0 Å². The topological polar surface area (TPSA) is 111 Å². The molecule has 9 heteroatoms. The molecule has 0 bridgehead atoms. The summed E-state index contributed by atoms with van der Waals surface area (Å²) in [6.45, 7) is 12.9. The number of ether oxygens (including phenoxy) is 2. The van der Waals surface area contributed by atoms with E-state index in [-0.39, 0.29) is 34.0 Å². The lowest BCUT2D eigenvalue weighted by atomic mass is 9.77. The van der Waals surface area contributed by atoms with Crippen molar-refractivity contribution in [3.05, 3.63) is 98.4 Å². The van der Waals surface area contributed by atoms with Gasteiger partial charge in [0, 0.05) is 54.0 Å². The molecule has 2 aromatic carbocycles. The maximum atomic E-state index is 14.0. The molecule has 4 rings (SSSR count). The summed E-state index contributed by atoms with van der Waals surface area (Å²) in [5, 5.41) is 14.7. The zero-order chi connectivity index (χ0) is 30.1. The largest absolute Gasteiger partial charge is 0.466 e. The number of nitro groups is 1. The van der Waals surface area contributed by atoms with E-state index >= 15 is 0 Å². The molecule has 0 aliphatic carbocycles. The van der Waals surface area contributed by atoms with Crippen molar-refractivity contribution in [1.29, 1.82) is 0 Å². The van der Waals surface area contributed by atoms with Crippen LogP contribution in [0.3, 0.4) is 0 Å². The number of non-ortho nitro benzene ring substituents is 1. The Balaban J connectivity index is 1.66. The number of allylic oxidation sites excluding steroid dienone is 2. The number of hydrogen-bond donors (Lipinski definition) is 1. The van der Waals surface area contributed by atoms with Crippen molar-refractivity contribution < 1.29 is 24.0 Å². The summed E-state index contributed by atoms with van der Waals surface area (Å²) in [4.78, 5) is 40.5. The molecule has 1 N–H and O–H groups in total. The van der Waals surface area contributed by atoms with Gasteiger partial charge in [0.2, 0.25) is 0 Å². The quantitative estimate of drug-likeness (QED) is 0.258. The Morgan fingerprint density at radius 1 is 0.951 bits per heavy atom. The third kappa shape index (κ3) is 6.20. The number of benzene rings is 2. The molecule has 41 heavy (non-hydrogen) atoms. The third-order valence-corrected chi connectivity index (χ3v) is 8.17. The summed E-state index contributed by atoms with van der Waals surface area (Å²) in [5.74, 6) is -2.08. The van der Waals surface area contributed by atoms with Crippen LogP contribution in [0, 0.1) is 10.1 Å². The number of rotatable bonds is 7. The summed E-state index contributed by atoms with van der Waals surface area (Å²) in [6.07, 6.45) is 0.864. The molecule has 0 saturated carbocycles. The van der Waals surface area contributed by atoms with E-state index in [4.69, 9.17) is 9.47 Å². The van der Waals surface area contributed by atoms with Crippen LogP contribution in [-0.2, 0) is 25.6 Å². The smallest absolute Gasteiger partial charge is 0.337 e. The van der Waals surface area contributed by atoms with Crippen LogP contribution in [0.2, 0.25) is 0 Å². The number of methoxy groups -OCH3 is 1. The highest BCUT2D eigenvalue weighted by molar-refractivity contribution is 6.00. The number of esters is 2. The minimum Gasteiger partial charge on any atom is -0.466 e. The molecule has 218 valence electrons. The molecule has 0 amide bonds. The van der Waals surface area contributed by atoms with Crippen LogP contribution in [0.25, 0.3) is 0 Å². The number of piperidine rings is 1. The Morgan fingerprint density at radius 3 is 2.10 bits per heavy atom. The first-order chi connectivity index (χ1) is 19.2. The summed E-state index contributed by atoms with van der Waals surface area (Å²) < 4.78 is 11.3. The molecule has 1 fully saturated rings. The highest BCUT2D eigenvalue weighted by atomic mass is 16.6. The molecule has 9 nitrogen and oxygen atoms in total. The Kier molecular flexibility index (Phi) is 8.40. The predicted molar refractivity (Wildman–Crippen MR) is 156 cm³/mol. The van der Waals surface area contributed by atoms with Gasteiger partial charge in [-0.3, -0.25) is 15.0 Å². The van der Waals surface area contributed by atoms with Crippen LogP contribution in [0.5, 0.6) is 0 Å². The Bertz CT molecular complexity index is 1390. The average molecular weight is 562 g/mol. The van der Waals surface area contributed by atoms with Gasteiger partial charge in [0.05, 0.1) is 29.1 Å². The maximum Gasteiger partial charge on any atom is 0.337 e. The van der Waals surface area contributed by atoms with E-state index in [2.05, 4.69) is 50.0 Å². The molecule has 2 aliphatic rings. The van der Waals surface area contributed by atoms with Crippen LogP contribution in [0.1, 0.15) is 71.4 Å². The molecule has 0 aromatic heterocycles. The van der Waals surface area contributed by atoms with Crippen molar-refractivity contribution in [2.24, 2.45) is 0 Å². The maximum absolute atomic E-state index is 14.0. The fourth-order valence-corrected chi connectivity index (χ4v) is 6.51. The van der Waals surface area contributed by atoms with E-state index in [1.807, 2.05) is 18.2 Å². The van der Waals surface area contributed by atoms with Crippen molar-refractivity contribution in [1.82, 2.24) is 10.2 Å². The van der Waals surface area contributed by atoms with E-state index < -0.39 is 22.8 Å². The number of carbonyl (C=O) groups excluding carboxylic acids is 2. The van der Waals surface area contributed by atoms with Gasteiger partial charge < -0.3 is 14.8 Å². The average Bonchev–Trinajstić information content (AvgIpc) is 2.90. The number of carbonyl (C=O) groups is 2. The van der Waals surface area contributed by atoms with Gasteiger partial charge in [0.15, 0.2) is 0 Å². The van der Waals surface area contributed by atoms with Crippen molar-refractivity contribution in [2.45, 2.75) is 84.0 Å². The van der Waals surface area contributed by atoms with Crippen LogP contribution < -0.4 is 5.32 Å². The summed E-state index contributed by atoms with van der Waals surface area (Å²) in [5.41, 5.74) is 2.45. The van der Waals surface area contributed by atoms with Crippen LogP contribution in [0.15, 0.2) is 77.1 Å². The first-order valence-corrected chi connectivity index (χ1v) is 13.8. The van der Waals surface area contributed by atoms with Gasteiger partial charge in [-0.25, -0.2) is 9.59 Å². The summed E-state index contributed by atoms with van der Waals surface area (Å²) in [7, 11) is 1.27. The second-order valence-corrected chi connectivity index (χ2v) is 12.1. The Hall–Kier alpha value is -3.98. The van der Waals surface area contributed by atoms with Gasteiger partial charge in [0.1, 0.15) is 6.10 Å². The lowest BCUT2D eigenvalue weighted by molar-refractivity contribution is -0.384. The molecular weight excluding hydrogens is 522 g/mol. The van der Waals surface area contributed by atoms with E-state index in [9.17, 15) is 19.7 Å². The lowest BCUT2D eigenvalue weighted by Crippen LogP contribution is -2.61. The van der Waals surface area contributed by atoms with E-state index in [0.29, 0.717) is 29.8 Å². The highest BCUT2D eigenvalue weighted by Gasteiger charge is 2.47. The van der Waals surface area contributed by atoms with Crippen molar-refractivity contribution in [3.8, 4) is 0 Å².